The molecule has 2 heterocycles. The Bertz CT molecular complexity index is 801. The van der Waals surface area contributed by atoms with Gasteiger partial charge in [0.05, 0.1) is 17.2 Å². The van der Waals surface area contributed by atoms with Crippen LogP contribution in [0.5, 0.6) is 11.5 Å². The maximum Gasteiger partial charge on any atom is 0.297 e. The molecule has 0 amide bonds. The monoisotopic (exact) mass is 312 g/mol. The Morgan fingerprint density at radius 1 is 1.33 bits per heavy atom. The van der Waals surface area contributed by atoms with Crippen LogP contribution in [0.4, 0.5) is 11.4 Å². The van der Waals surface area contributed by atoms with E-state index in [0.29, 0.717) is 0 Å². The van der Waals surface area contributed by atoms with Gasteiger partial charge >= 0.3 is 0 Å². The van der Waals surface area contributed by atoms with Gasteiger partial charge in [0.1, 0.15) is 10.6 Å². The van der Waals surface area contributed by atoms with E-state index in [9.17, 15) is 18.5 Å². The highest BCUT2D eigenvalue weighted by Gasteiger charge is 2.27. The highest BCUT2D eigenvalue weighted by atomic mass is 32.2. The number of nitrogens with one attached hydrogen (secondary N) is 2. The lowest BCUT2D eigenvalue weighted by atomic mass is 10.2. The number of hydrogen-bond acceptors (Lipinski definition) is 7. The van der Waals surface area contributed by atoms with E-state index in [2.05, 4.69) is 14.9 Å². The molecule has 0 unspecified atom stereocenters. The van der Waals surface area contributed by atoms with Crippen LogP contribution in [0.1, 0.15) is 0 Å². The second-order valence-corrected chi connectivity index (χ2v) is 5.70. The standard InChI is InChI=1S/C10H8N4O6S/c15-14(16)8-2-10-9(19-5-20-10)1-7(8)13-21(17,18)6-3-11-12-4-6/h1-4,13H,5H2,(H,11,12). The number of aromatic nitrogens is 2. The van der Waals surface area contributed by atoms with Gasteiger partial charge in [-0.3, -0.25) is 19.9 Å². The summed E-state index contributed by atoms with van der Waals surface area (Å²) in [5.41, 5.74) is -0.656. The van der Waals surface area contributed by atoms with Crippen molar-refractivity contribution in [1.82, 2.24) is 10.2 Å². The van der Waals surface area contributed by atoms with Crippen LogP contribution in [0.25, 0.3) is 0 Å². The highest BCUT2D eigenvalue weighted by molar-refractivity contribution is 7.92. The van der Waals surface area contributed by atoms with Crippen LogP contribution >= 0.6 is 0 Å². The summed E-state index contributed by atoms with van der Waals surface area (Å²) in [7, 11) is -3.99. The molecule has 1 aromatic carbocycles. The van der Waals surface area contributed by atoms with E-state index in [1.807, 2.05) is 0 Å². The number of sulfonamides is 1. The lowest BCUT2D eigenvalue weighted by Crippen LogP contribution is -2.13. The van der Waals surface area contributed by atoms with Crippen molar-refractivity contribution in [3.63, 3.8) is 0 Å². The first kappa shape index (κ1) is 13.2. The zero-order valence-electron chi connectivity index (χ0n) is 10.3. The van der Waals surface area contributed by atoms with Crippen LogP contribution < -0.4 is 14.2 Å². The summed E-state index contributed by atoms with van der Waals surface area (Å²) in [6.45, 7) is -0.0789. The predicted molar refractivity (Wildman–Crippen MR) is 68.6 cm³/mol. The predicted octanol–water partition coefficient (Wildman–Crippen LogP) is 0.847. The first-order valence-corrected chi connectivity index (χ1v) is 7.05. The number of nitro benzene ring substituents is 1. The van der Waals surface area contributed by atoms with E-state index in [1.54, 1.807) is 0 Å². The molecule has 0 aliphatic carbocycles. The summed E-state index contributed by atoms with van der Waals surface area (Å²) in [6.07, 6.45) is 2.24. The summed E-state index contributed by atoms with van der Waals surface area (Å²) in [6, 6.07) is 2.31. The molecule has 11 heteroatoms. The molecule has 0 fully saturated rings. The number of hydrogen-bond donors (Lipinski definition) is 2. The largest absolute Gasteiger partial charge is 0.454 e. The van der Waals surface area contributed by atoms with Gasteiger partial charge in [0.25, 0.3) is 15.7 Å². The fourth-order valence-corrected chi connectivity index (χ4v) is 2.72. The molecule has 0 saturated heterocycles. The fourth-order valence-electron chi connectivity index (χ4n) is 1.75. The number of nitrogens with zero attached hydrogens (tertiary/aromatic N) is 2. The first-order valence-electron chi connectivity index (χ1n) is 5.57. The quantitative estimate of drug-likeness (QED) is 0.630. The number of aromatic amines is 1. The summed E-state index contributed by atoms with van der Waals surface area (Å²) in [4.78, 5) is 10.2. The first-order chi connectivity index (χ1) is 9.97. The van der Waals surface area contributed by atoms with Crippen LogP contribution in [0.3, 0.4) is 0 Å². The van der Waals surface area contributed by atoms with Gasteiger partial charge in [0, 0.05) is 12.3 Å². The topological polar surface area (TPSA) is 136 Å². The lowest BCUT2D eigenvalue weighted by Gasteiger charge is -2.07. The minimum atomic E-state index is -3.99. The lowest BCUT2D eigenvalue weighted by molar-refractivity contribution is -0.383. The molecule has 2 aromatic rings. The van der Waals surface area contributed by atoms with Gasteiger partial charge < -0.3 is 9.47 Å². The van der Waals surface area contributed by atoms with Gasteiger partial charge in [0.2, 0.25) is 6.79 Å². The van der Waals surface area contributed by atoms with Gasteiger partial charge in [-0.05, 0) is 0 Å². The second kappa shape index (κ2) is 4.63. The molecule has 1 aliphatic heterocycles. The third-order valence-electron chi connectivity index (χ3n) is 2.72. The normalized spacial score (nSPS) is 13.1. The molecule has 0 radical (unpaired) electrons. The molecule has 2 N–H and O–H groups in total. The van der Waals surface area contributed by atoms with Crippen molar-refractivity contribution in [2.45, 2.75) is 4.90 Å². The Hall–Kier alpha value is -2.82. The molecule has 10 nitrogen and oxygen atoms in total. The molecule has 0 bridgehead atoms. The Morgan fingerprint density at radius 3 is 2.67 bits per heavy atom. The molecule has 1 aromatic heterocycles. The summed E-state index contributed by atoms with van der Waals surface area (Å²) < 4.78 is 36.4. The number of nitro groups is 1. The third-order valence-corrected chi connectivity index (χ3v) is 4.05. The zero-order valence-corrected chi connectivity index (χ0v) is 11.1. The molecule has 0 spiro atoms. The Labute approximate surface area is 117 Å². The maximum atomic E-state index is 12.1. The van der Waals surface area contributed by atoms with Crippen LogP contribution in [0, 0.1) is 10.1 Å². The van der Waals surface area contributed by atoms with Crippen molar-refractivity contribution in [2.75, 3.05) is 11.5 Å². The number of anilines is 1. The average molecular weight is 312 g/mol. The van der Waals surface area contributed by atoms with E-state index < -0.39 is 20.6 Å². The van der Waals surface area contributed by atoms with Crippen LogP contribution in [0.2, 0.25) is 0 Å². The average Bonchev–Trinajstić information content (AvgIpc) is 3.08. The van der Waals surface area contributed by atoms with Crippen LogP contribution in [-0.2, 0) is 10.0 Å². The zero-order chi connectivity index (χ0) is 15.0. The summed E-state index contributed by atoms with van der Waals surface area (Å²) in [5.74, 6) is 0.415. The van der Waals surface area contributed by atoms with Gasteiger partial charge in [-0.2, -0.15) is 5.10 Å². The molecule has 1 aliphatic rings. The van der Waals surface area contributed by atoms with Crippen molar-refractivity contribution in [1.29, 1.82) is 0 Å². The van der Waals surface area contributed by atoms with E-state index in [-0.39, 0.29) is 28.9 Å². The highest BCUT2D eigenvalue weighted by Crippen LogP contribution is 2.41. The molecule has 0 saturated carbocycles. The molecule has 3 rings (SSSR count). The van der Waals surface area contributed by atoms with E-state index in [0.717, 1.165) is 18.5 Å². The van der Waals surface area contributed by atoms with Crippen LogP contribution in [-0.4, -0.2) is 30.3 Å². The number of ether oxygens (including phenoxy) is 2. The van der Waals surface area contributed by atoms with Crippen molar-refractivity contribution < 1.29 is 22.8 Å². The molecular weight excluding hydrogens is 304 g/mol. The van der Waals surface area contributed by atoms with E-state index in [4.69, 9.17) is 9.47 Å². The number of benzene rings is 1. The Morgan fingerprint density at radius 2 is 2.05 bits per heavy atom. The van der Waals surface area contributed by atoms with Crippen molar-refractivity contribution in [3.05, 3.63) is 34.6 Å². The molecular formula is C10H8N4O6S. The molecule has 0 atom stereocenters. The minimum absolute atomic E-state index is 0.0789. The molecule has 21 heavy (non-hydrogen) atoms. The van der Waals surface area contributed by atoms with Gasteiger partial charge in [-0.15, -0.1) is 0 Å². The number of rotatable bonds is 4. The van der Waals surface area contributed by atoms with Gasteiger partial charge in [-0.25, -0.2) is 8.42 Å². The van der Waals surface area contributed by atoms with E-state index in [1.165, 1.54) is 6.07 Å². The molecule has 110 valence electrons. The summed E-state index contributed by atoms with van der Waals surface area (Å²) in [5, 5.41) is 16.9. The summed E-state index contributed by atoms with van der Waals surface area (Å²) >= 11 is 0. The van der Waals surface area contributed by atoms with E-state index >= 15 is 0 Å². The Kier molecular flexibility index (Phi) is 2.90. The SMILES string of the molecule is O=[N+]([O-])c1cc2c(cc1NS(=O)(=O)c1cn[nH]c1)OCO2. The smallest absolute Gasteiger partial charge is 0.297 e. The van der Waals surface area contributed by atoms with Gasteiger partial charge in [-0.1, -0.05) is 0 Å². The van der Waals surface area contributed by atoms with Crippen molar-refractivity contribution in [2.24, 2.45) is 0 Å². The maximum absolute atomic E-state index is 12.1. The van der Waals surface area contributed by atoms with Crippen LogP contribution in [0.15, 0.2) is 29.4 Å². The second-order valence-electron chi connectivity index (χ2n) is 4.02. The minimum Gasteiger partial charge on any atom is -0.454 e. The van der Waals surface area contributed by atoms with Gasteiger partial charge in [0.15, 0.2) is 11.5 Å². The van der Waals surface area contributed by atoms with Crippen molar-refractivity contribution >= 4 is 21.4 Å². The third kappa shape index (κ3) is 2.33. The Balaban J connectivity index is 2.04. The number of fused-ring (bicyclic) bond motifs is 1. The fraction of sp³-hybridized carbons (Fsp3) is 0.100. The van der Waals surface area contributed by atoms with Crippen molar-refractivity contribution in [3.8, 4) is 11.5 Å². The number of H-pyrrole nitrogens is 1.